The molecule has 1 N–H and O–H groups in total. The first-order chi connectivity index (χ1) is 15.0. The summed E-state index contributed by atoms with van der Waals surface area (Å²) >= 11 is 1.63. The molecule has 2 atom stereocenters. The number of rotatable bonds is 6. The molecule has 5 nitrogen and oxygen atoms in total. The van der Waals surface area contributed by atoms with Crippen LogP contribution >= 0.6 is 11.3 Å². The molecule has 0 radical (unpaired) electrons. The molecule has 2 heterocycles. The third-order valence-corrected chi connectivity index (χ3v) is 6.76. The summed E-state index contributed by atoms with van der Waals surface area (Å²) in [5.74, 6) is -1.83. The lowest BCUT2D eigenvalue weighted by molar-refractivity contribution is -0.140. The second kappa shape index (κ2) is 9.16. The quantitative estimate of drug-likeness (QED) is 0.530. The Balaban J connectivity index is 1.77. The molecule has 31 heavy (non-hydrogen) atoms. The van der Waals surface area contributed by atoms with Crippen molar-refractivity contribution in [2.45, 2.75) is 31.6 Å². The Hall–Kier alpha value is -2.77. The van der Waals surface area contributed by atoms with E-state index in [4.69, 9.17) is 9.47 Å². The number of carbonyl (C=O) groups is 2. The summed E-state index contributed by atoms with van der Waals surface area (Å²) in [6, 6.07) is 10.3. The van der Waals surface area contributed by atoms with Gasteiger partial charge < -0.3 is 14.8 Å². The average molecular weight is 442 g/mol. The maximum absolute atomic E-state index is 14.9. The Kier molecular flexibility index (Phi) is 6.34. The van der Waals surface area contributed by atoms with Gasteiger partial charge in [0.15, 0.2) is 5.78 Å². The van der Waals surface area contributed by atoms with Gasteiger partial charge in [-0.15, -0.1) is 11.3 Å². The molecule has 7 heteroatoms. The lowest BCUT2D eigenvalue weighted by Gasteiger charge is -2.36. The van der Waals surface area contributed by atoms with E-state index in [9.17, 15) is 14.0 Å². The van der Waals surface area contributed by atoms with E-state index in [0.717, 1.165) is 10.6 Å². The third kappa shape index (κ3) is 4.20. The summed E-state index contributed by atoms with van der Waals surface area (Å²) < 4.78 is 25.2. The Morgan fingerprint density at radius 3 is 2.71 bits per heavy atom. The number of benzene rings is 1. The van der Waals surface area contributed by atoms with Crippen LogP contribution in [0, 0.1) is 5.82 Å². The molecule has 162 valence electrons. The predicted molar refractivity (Wildman–Crippen MR) is 116 cm³/mol. The van der Waals surface area contributed by atoms with Crippen LogP contribution in [0.4, 0.5) is 4.39 Å². The van der Waals surface area contributed by atoms with Gasteiger partial charge in [-0.25, -0.2) is 9.18 Å². The third-order valence-electron chi connectivity index (χ3n) is 5.73. The van der Waals surface area contributed by atoms with Crippen molar-refractivity contribution in [3.05, 3.63) is 80.6 Å². The minimum atomic E-state index is -0.802. The number of halogens is 1. The summed E-state index contributed by atoms with van der Waals surface area (Å²) in [4.78, 5) is 27.5. The number of ketones is 1. The number of esters is 1. The number of nitrogens with one attached hydrogen (secondary N) is 1. The van der Waals surface area contributed by atoms with Crippen LogP contribution < -0.4 is 5.32 Å². The molecule has 0 bridgehead atoms. The average Bonchev–Trinajstić information content (AvgIpc) is 3.28. The molecule has 1 aliphatic heterocycles. The van der Waals surface area contributed by atoms with E-state index in [2.05, 4.69) is 5.32 Å². The van der Waals surface area contributed by atoms with E-state index in [1.807, 2.05) is 17.5 Å². The fourth-order valence-electron chi connectivity index (χ4n) is 4.35. The molecule has 0 amide bonds. The molecule has 2 aromatic rings. The van der Waals surface area contributed by atoms with Gasteiger partial charge in [-0.1, -0.05) is 24.3 Å². The van der Waals surface area contributed by atoms with Gasteiger partial charge in [0, 0.05) is 46.9 Å². The SMILES string of the molecule is COCCOC(=O)C1=C(C)NC2=C(C(=O)C[C@H](c3cccs3)C2)[C@@H]1c1ccccc1F. The highest BCUT2D eigenvalue weighted by Gasteiger charge is 2.42. The molecule has 2 aliphatic rings. The van der Waals surface area contributed by atoms with Crippen LogP contribution in [0.3, 0.4) is 0 Å². The van der Waals surface area contributed by atoms with E-state index >= 15 is 0 Å². The maximum Gasteiger partial charge on any atom is 0.336 e. The second-order valence-corrected chi connectivity index (χ2v) is 8.66. The molecular formula is C24H24FNO4S. The zero-order valence-electron chi connectivity index (χ0n) is 17.4. The molecule has 0 spiro atoms. The zero-order valence-corrected chi connectivity index (χ0v) is 18.3. The van der Waals surface area contributed by atoms with Crippen LogP contribution in [-0.2, 0) is 19.1 Å². The van der Waals surface area contributed by atoms with Crippen molar-refractivity contribution >= 4 is 23.1 Å². The smallest absolute Gasteiger partial charge is 0.336 e. The van der Waals surface area contributed by atoms with E-state index in [0.29, 0.717) is 29.7 Å². The molecule has 0 saturated carbocycles. The highest BCUT2D eigenvalue weighted by Crippen LogP contribution is 2.46. The van der Waals surface area contributed by atoms with Gasteiger partial charge in [0.05, 0.1) is 18.1 Å². The van der Waals surface area contributed by atoms with Gasteiger partial charge in [0.1, 0.15) is 12.4 Å². The Labute approximate surface area is 184 Å². The fraction of sp³-hybridized carbons (Fsp3) is 0.333. The molecule has 1 aromatic heterocycles. The maximum atomic E-state index is 14.9. The zero-order chi connectivity index (χ0) is 22.0. The van der Waals surface area contributed by atoms with Crippen LogP contribution in [0.2, 0.25) is 0 Å². The molecule has 1 aliphatic carbocycles. The normalized spacial score (nSPS) is 21.1. The predicted octanol–water partition coefficient (Wildman–Crippen LogP) is 4.44. The van der Waals surface area contributed by atoms with Gasteiger partial charge in [0.2, 0.25) is 0 Å². The van der Waals surface area contributed by atoms with Crippen molar-refractivity contribution in [1.29, 1.82) is 0 Å². The largest absolute Gasteiger partial charge is 0.460 e. The molecule has 0 fully saturated rings. The van der Waals surface area contributed by atoms with Crippen molar-refractivity contribution in [3.8, 4) is 0 Å². The summed E-state index contributed by atoms with van der Waals surface area (Å²) in [7, 11) is 1.52. The van der Waals surface area contributed by atoms with Crippen molar-refractivity contribution in [1.82, 2.24) is 5.32 Å². The van der Waals surface area contributed by atoms with Crippen molar-refractivity contribution in [2.75, 3.05) is 20.3 Å². The van der Waals surface area contributed by atoms with Crippen LogP contribution in [0.15, 0.2) is 64.3 Å². The number of methoxy groups -OCH3 is 1. The van der Waals surface area contributed by atoms with Crippen LogP contribution in [0.25, 0.3) is 0 Å². The van der Waals surface area contributed by atoms with Gasteiger partial charge in [0.25, 0.3) is 0 Å². The second-order valence-electron chi connectivity index (χ2n) is 7.68. The molecule has 0 saturated heterocycles. The standard InChI is InChI=1S/C24H24FNO4S/c1-14-21(24(28)30-10-9-29-2)22(16-6-3-4-7-17(16)25)23-18(26-14)12-15(13-19(23)27)20-8-5-11-31-20/h3-8,11,15,22,26H,9-10,12-13H2,1-2H3/t15-,22-/m1/s1. The first-order valence-corrected chi connectivity index (χ1v) is 11.1. The molecule has 1 aromatic carbocycles. The minimum absolute atomic E-state index is 0.0722. The van der Waals surface area contributed by atoms with Crippen molar-refractivity contribution in [3.63, 3.8) is 0 Å². The topological polar surface area (TPSA) is 64.6 Å². The first kappa shape index (κ1) is 21.5. The summed E-state index contributed by atoms with van der Waals surface area (Å²) in [5.41, 5.74) is 2.37. The van der Waals surface area contributed by atoms with E-state index in [1.54, 1.807) is 36.5 Å². The van der Waals surface area contributed by atoms with Crippen LogP contribution in [0.1, 0.15) is 42.0 Å². The Bertz CT molecular complexity index is 1060. The molecule has 4 rings (SSSR count). The fourth-order valence-corrected chi connectivity index (χ4v) is 5.18. The highest BCUT2D eigenvalue weighted by atomic mass is 32.1. The van der Waals surface area contributed by atoms with Crippen molar-refractivity contribution in [2.24, 2.45) is 0 Å². The number of hydrogen-bond donors (Lipinski definition) is 1. The number of thiophene rings is 1. The van der Waals surface area contributed by atoms with Crippen molar-refractivity contribution < 1.29 is 23.5 Å². The Morgan fingerprint density at radius 1 is 1.19 bits per heavy atom. The van der Waals surface area contributed by atoms with Gasteiger partial charge in [-0.2, -0.15) is 0 Å². The number of dihydropyridines is 1. The minimum Gasteiger partial charge on any atom is -0.460 e. The van der Waals surface area contributed by atoms with Crippen LogP contribution in [-0.4, -0.2) is 32.1 Å². The lowest BCUT2D eigenvalue weighted by atomic mass is 9.72. The summed E-state index contributed by atoms with van der Waals surface area (Å²) in [6.45, 7) is 2.10. The van der Waals surface area contributed by atoms with E-state index < -0.39 is 17.7 Å². The summed E-state index contributed by atoms with van der Waals surface area (Å²) in [5, 5.41) is 5.27. The van der Waals surface area contributed by atoms with Gasteiger partial charge in [-0.3, -0.25) is 4.79 Å². The number of ether oxygens (including phenoxy) is 2. The molecule has 0 unspecified atom stereocenters. The summed E-state index contributed by atoms with van der Waals surface area (Å²) in [6.07, 6.45) is 0.965. The first-order valence-electron chi connectivity index (χ1n) is 10.2. The van der Waals surface area contributed by atoms with E-state index in [1.165, 1.54) is 13.2 Å². The number of allylic oxidation sites excluding steroid dienone is 3. The van der Waals surface area contributed by atoms with Crippen LogP contribution in [0.5, 0.6) is 0 Å². The van der Waals surface area contributed by atoms with Gasteiger partial charge in [-0.05, 0) is 30.9 Å². The van der Waals surface area contributed by atoms with Gasteiger partial charge >= 0.3 is 5.97 Å². The van der Waals surface area contributed by atoms with E-state index in [-0.39, 0.29) is 30.5 Å². The highest BCUT2D eigenvalue weighted by molar-refractivity contribution is 7.10. The number of Topliss-reactive ketones (excluding diaryl/α,β-unsaturated/α-hetero) is 1. The Morgan fingerprint density at radius 2 is 2.00 bits per heavy atom. The number of hydrogen-bond acceptors (Lipinski definition) is 6. The molecular weight excluding hydrogens is 417 g/mol. The monoisotopic (exact) mass is 441 g/mol. The lowest BCUT2D eigenvalue weighted by Crippen LogP contribution is -2.36. The number of carbonyl (C=O) groups excluding carboxylic acids is 2.